The summed E-state index contributed by atoms with van der Waals surface area (Å²) in [5.41, 5.74) is 3.17. The SMILES string of the molecule is N#C/C(=C/c1c(OCc2ccccc2C#N)ccc2ccccc12)C(=O)NCCCc1ccccc1. The first-order chi connectivity index (χ1) is 17.7. The topological polar surface area (TPSA) is 85.9 Å². The summed E-state index contributed by atoms with van der Waals surface area (Å²) < 4.78 is 6.11. The highest BCUT2D eigenvalue weighted by Gasteiger charge is 2.14. The lowest BCUT2D eigenvalue weighted by atomic mass is 10.0. The van der Waals surface area contributed by atoms with Gasteiger partial charge in [-0.25, -0.2) is 0 Å². The zero-order valence-electron chi connectivity index (χ0n) is 19.8. The molecule has 0 saturated carbocycles. The molecule has 176 valence electrons. The molecule has 4 aromatic rings. The smallest absolute Gasteiger partial charge is 0.261 e. The van der Waals surface area contributed by atoms with E-state index in [-0.39, 0.29) is 12.2 Å². The summed E-state index contributed by atoms with van der Waals surface area (Å²) in [6.07, 6.45) is 3.20. The standard InChI is InChI=1S/C31H25N3O2/c32-20-25-13-4-5-14-26(25)22-36-30-17-16-24-12-6-7-15-28(24)29(30)19-27(21-33)31(35)34-18-8-11-23-9-2-1-3-10-23/h1-7,9-10,12-17,19H,8,11,18,22H2,(H,34,35)/b27-19-. The van der Waals surface area contributed by atoms with Crippen molar-refractivity contribution in [3.05, 3.63) is 119 Å². The van der Waals surface area contributed by atoms with Crippen LogP contribution in [0.2, 0.25) is 0 Å². The fourth-order valence-corrected chi connectivity index (χ4v) is 3.99. The predicted octanol–water partition coefficient (Wildman–Crippen LogP) is 5.95. The van der Waals surface area contributed by atoms with Crippen LogP contribution >= 0.6 is 0 Å². The van der Waals surface area contributed by atoms with Gasteiger partial charge in [0.2, 0.25) is 0 Å². The molecule has 1 amide bonds. The van der Waals surface area contributed by atoms with Crippen molar-refractivity contribution in [1.82, 2.24) is 5.32 Å². The third-order valence-electron chi connectivity index (χ3n) is 5.88. The van der Waals surface area contributed by atoms with Gasteiger partial charge in [-0.1, -0.05) is 78.9 Å². The molecule has 4 rings (SSSR count). The van der Waals surface area contributed by atoms with Gasteiger partial charge in [0.15, 0.2) is 0 Å². The first-order valence-electron chi connectivity index (χ1n) is 11.8. The van der Waals surface area contributed by atoms with Crippen LogP contribution in [0.15, 0.2) is 96.6 Å². The Balaban J connectivity index is 1.55. The summed E-state index contributed by atoms with van der Waals surface area (Å²) in [4.78, 5) is 12.8. The lowest BCUT2D eigenvalue weighted by Gasteiger charge is -2.13. The van der Waals surface area contributed by atoms with Crippen molar-refractivity contribution in [2.75, 3.05) is 6.54 Å². The molecule has 0 heterocycles. The Labute approximate surface area is 210 Å². The number of ether oxygens (including phenoxy) is 1. The Bertz CT molecular complexity index is 1480. The minimum Gasteiger partial charge on any atom is -0.488 e. The van der Waals surface area contributed by atoms with Gasteiger partial charge in [0.25, 0.3) is 5.91 Å². The highest BCUT2D eigenvalue weighted by Crippen LogP contribution is 2.31. The van der Waals surface area contributed by atoms with E-state index in [4.69, 9.17) is 4.74 Å². The maximum atomic E-state index is 12.8. The van der Waals surface area contributed by atoms with Gasteiger partial charge in [-0.3, -0.25) is 4.79 Å². The van der Waals surface area contributed by atoms with Crippen molar-refractivity contribution in [2.24, 2.45) is 0 Å². The van der Waals surface area contributed by atoms with Crippen molar-refractivity contribution in [2.45, 2.75) is 19.4 Å². The van der Waals surface area contributed by atoms with E-state index in [0.29, 0.717) is 23.4 Å². The first-order valence-corrected chi connectivity index (χ1v) is 11.8. The van der Waals surface area contributed by atoms with Gasteiger partial charge < -0.3 is 10.1 Å². The van der Waals surface area contributed by atoms with Crippen molar-refractivity contribution in [3.8, 4) is 17.9 Å². The average Bonchev–Trinajstić information content (AvgIpc) is 2.93. The average molecular weight is 472 g/mol. The molecule has 5 nitrogen and oxygen atoms in total. The summed E-state index contributed by atoms with van der Waals surface area (Å²) >= 11 is 0. The highest BCUT2D eigenvalue weighted by molar-refractivity contribution is 6.05. The van der Waals surface area contributed by atoms with E-state index in [1.807, 2.05) is 78.9 Å². The van der Waals surface area contributed by atoms with E-state index in [1.54, 1.807) is 12.1 Å². The Morgan fingerprint density at radius 3 is 2.44 bits per heavy atom. The Morgan fingerprint density at radius 2 is 1.64 bits per heavy atom. The number of fused-ring (bicyclic) bond motifs is 1. The van der Waals surface area contributed by atoms with Gasteiger partial charge in [-0.2, -0.15) is 10.5 Å². The van der Waals surface area contributed by atoms with Gasteiger partial charge in [0.1, 0.15) is 24.0 Å². The van der Waals surface area contributed by atoms with E-state index >= 15 is 0 Å². The first kappa shape index (κ1) is 24.3. The molecule has 0 spiro atoms. The second kappa shape index (κ2) is 12.0. The third-order valence-corrected chi connectivity index (χ3v) is 5.88. The second-order valence-electron chi connectivity index (χ2n) is 8.27. The maximum Gasteiger partial charge on any atom is 0.261 e. The summed E-state index contributed by atoms with van der Waals surface area (Å²) in [6, 6.07) is 33.1. The summed E-state index contributed by atoms with van der Waals surface area (Å²) in [5.74, 6) is 0.116. The number of hydrogen-bond donors (Lipinski definition) is 1. The van der Waals surface area contributed by atoms with Crippen molar-refractivity contribution in [3.63, 3.8) is 0 Å². The number of carbonyl (C=O) groups is 1. The minimum absolute atomic E-state index is 0.00772. The number of hydrogen-bond acceptors (Lipinski definition) is 4. The summed E-state index contributed by atoms with van der Waals surface area (Å²) in [7, 11) is 0. The quantitative estimate of drug-likeness (QED) is 0.186. The lowest BCUT2D eigenvalue weighted by molar-refractivity contribution is -0.117. The zero-order chi connectivity index (χ0) is 25.2. The Morgan fingerprint density at radius 1 is 0.889 bits per heavy atom. The number of carbonyl (C=O) groups excluding carboxylic acids is 1. The number of nitriles is 2. The zero-order valence-corrected chi connectivity index (χ0v) is 19.8. The normalized spacial score (nSPS) is 10.9. The predicted molar refractivity (Wildman–Crippen MR) is 141 cm³/mol. The molecule has 0 aliphatic carbocycles. The monoisotopic (exact) mass is 471 g/mol. The van der Waals surface area contributed by atoms with Crippen LogP contribution in [0.5, 0.6) is 5.75 Å². The molecule has 0 unspecified atom stereocenters. The maximum absolute atomic E-state index is 12.8. The summed E-state index contributed by atoms with van der Waals surface area (Å²) in [6.45, 7) is 0.660. The van der Waals surface area contributed by atoms with E-state index in [1.165, 1.54) is 5.56 Å². The summed E-state index contributed by atoms with van der Waals surface area (Å²) in [5, 5.41) is 23.9. The molecular weight excluding hydrogens is 446 g/mol. The molecule has 36 heavy (non-hydrogen) atoms. The molecule has 5 heteroatoms. The van der Waals surface area contributed by atoms with Gasteiger partial charge >= 0.3 is 0 Å². The molecule has 1 N–H and O–H groups in total. The highest BCUT2D eigenvalue weighted by atomic mass is 16.5. The fourth-order valence-electron chi connectivity index (χ4n) is 3.99. The van der Waals surface area contributed by atoms with Crippen LogP contribution in [0.4, 0.5) is 0 Å². The van der Waals surface area contributed by atoms with Crippen molar-refractivity contribution >= 4 is 22.8 Å². The molecule has 0 atom stereocenters. The molecule has 0 aromatic heterocycles. The van der Waals surface area contributed by atoms with Gasteiger partial charge in [-0.15, -0.1) is 0 Å². The number of amides is 1. The van der Waals surface area contributed by atoms with Crippen LogP contribution in [0, 0.1) is 22.7 Å². The number of benzene rings is 4. The van der Waals surface area contributed by atoms with E-state index in [0.717, 1.165) is 29.2 Å². The number of nitrogens with zero attached hydrogens (tertiary/aromatic N) is 2. The Kier molecular flexibility index (Phi) is 8.10. The largest absolute Gasteiger partial charge is 0.488 e. The van der Waals surface area contributed by atoms with Crippen LogP contribution in [0.3, 0.4) is 0 Å². The lowest BCUT2D eigenvalue weighted by Crippen LogP contribution is -2.25. The Hall–Kier alpha value is -4.87. The van der Waals surface area contributed by atoms with Crippen LogP contribution < -0.4 is 10.1 Å². The van der Waals surface area contributed by atoms with Crippen LogP contribution in [0.25, 0.3) is 16.8 Å². The fraction of sp³-hybridized carbons (Fsp3) is 0.129. The van der Waals surface area contributed by atoms with Crippen molar-refractivity contribution < 1.29 is 9.53 Å². The van der Waals surface area contributed by atoms with Crippen molar-refractivity contribution in [1.29, 1.82) is 10.5 Å². The molecule has 0 bridgehead atoms. The number of nitrogens with one attached hydrogen (secondary N) is 1. The van der Waals surface area contributed by atoms with Crippen LogP contribution in [0.1, 0.15) is 28.7 Å². The van der Waals surface area contributed by atoms with Gasteiger partial charge in [-0.05, 0) is 47.4 Å². The van der Waals surface area contributed by atoms with Crippen LogP contribution in [-0.2, 0) is 17.8 Å². The van der Waals surface area contributed by atoms with Crippen LogP contribution in [-0.4, -0.2) is 12.5 Å². The number of aryl methyl sites for hydroxylation is 1. The van der Waals surface area contributed by atoms with Gasteiger partial charge in [0, 0.05) is 17.7 Å². The molecule has 0 aliphatic heterocycles. The molecule has 0 aliphatic rings. The molecule has 0 fully saturated rings. The molecule has 0 saturated heterocycles. The molecule has 0 radical (unpaired) electrons. The molecular formula is C31H25N3O2. The van der Waals surface area contributed by atoms with E-state index in [9.17, 15) is 15.3 Å². The van der Waals surface area contributed by atoms with E-state index in [2.05, 4.69) is 23.5 Å². The third kappa shape index (κ3) is 5.97. The van der Waals surface area contributed by atoms with E-state index < -0.39 is 5.91 Å². The number of rotatable bonds is 9. The second-order valence-corrected chi connectivity index (χ2v) is 8.27. The minimum atomic E-state index is -0.417. The van der Waals surface area contributed by atoms with Gasteiger partial charge in [0.05, 0.1) is 11.6 Å². The molecule has 4 aromatic carbocycles.